The fraction of sp³-hybridized carbons (Fsp3) is 0.500. The Bertz CT molecular complexity index is 407. The summed E-state index contributed by atoms with van der Waals surface area (Å²) < 4.78 is 0. The Morgan fingerprint density at radius 2 is 2.25 bits per heavy atom. The Kier molecular flexibility index (Phi) is 2.58. The van der Waals surface area contributed by atoms with Gasteiger partial charge in [0.15, 0.2) is 5.78 Å². The van der Waals surface area contributed by atoms with E-state index < -0.39 is 0 Å². The van der Waals surface area contributed by atoms with Gasteiger partial charge in [-0.25, -0.2) is 0 Å². The Hall–Kier alpha value is -1.58. The van der Waals surface area contributed by atoms with E-state index in [4.69, 9.17) is 0 Å². The summed E-state index contributed by atoms with van der Waals surface area (Å²) in [4.78, 5) is 28.1. The van der Waals surface area contributed by atoms with E-state index in [2.05, 4.69) is 4.98 Å². The first-order chi connectivity index (χ1) is 7.50. The fourth-order valence-electron chi connectivity index (χ4n) is 2.01. The molecule has 1 N–H and O–H groups in total. The molecule has 1 fully saturated rings. The molecule has 0 atom stereocenters. The van der Waals surface area contributed by atoms with Crippen LogP contribution in [0.1, 0.15) is 37.0 Å². The number of amides is 1. The zero-order valence-electron chi connectivity index (χ0n) is 9.62. The number of carbonyl (C=O) groups is 2. The quantitative estimate of drug-likeness (QED) is 0.781. The molecule has 0 radical (unpaired) electrons. The number of ketones is 1. The lowest BCUT2D eigenvalue weighted by Gasteiger charge is -2.41. The van der Waals surface area contributed by atoms with Gasteiger partial charge < -0.3 is 9.88 Å². The highest BCUT2D eigenvalue weighted by Gasteiger charge is 2.36. The SMILES string of the molecule is CC1(C)CCC(=O)CN1C(=O)c1cc[nH]c1. The first-order valence-corrected chi connectivity index (χ1v) is 5.47. The zero-order valence-corrected chi connectivity index (χ0v) is 9.62. The largest absolute Gasteiger partial charge is 0.367 e. The summed E-state index contributed by atoms with van der Waals surface area (Å²) in [6, 6.07) is 1.73. The van der Waals surface area contributed by atoms with E-state index in [1.165, 1.54) is 0 Å². The van der Waals surface area contributed by atoms with Gasteiger partial charge >= 0.3 is 0 Å². The number of rotatable bonds is 1. The number of hydrogen-bond acceptors (Lipinski definition) is 2. The molecular formula is C12H16N2O2. The first-order valence-electron chi connectivity index (χ1n) is 5.47. The lowest BCUT2D eigenvalue weighted by molar-refractivity contribution is -0.124. The minimum atomic E-state index is -0.234. The van der Waals surface area contributed by atoms with Crippen LogP contribution in [0.15, 0.2) is 18.5 Å². The number of carbonyl (C=O) groups excluding carboxylic acids is 2. The minimum Gasteiger partial charge on any atom is -0.367 e. The predicted molar refractivity (Wildman–Crippen MR) is 60.1 cm³/mol. The number of H-pyrrole nitrogens is 1. The van der Waals surface area contributed by atoms with Gasteiger partial charge in [-0.05, 0) is 26.3 Å². The highest BCUT2D eigenvalue weighted by Crippen LogP contribution is 2.27. The van der Waals surface area contributed by atoms with Crippen molar-refractivity contribution in [2.45, 2.75) is 32.2 Å². The van der Waals surface area contributed by atoms with Crippen LogP contribution in [0, 0.1) is 0 Å². The molecule has 16 heavy (non-hydrogen) atoms. The summed E-state index contributed by atoms with van der Waals surface area (Å²) in [6.07, 6.45) is 4.69. The average molecular weight is 220 g/mol. The Balaban J connectivity index is 2.24. The van der Waals surface area contributed by atoms with Crippen molar-refractivity contribution in [3.63, 3.8) is 0 Å². The summed E-state index contributed by atoms with van der Waals surface area (Å²) in [6.45, 7) is 4.24. The van der Waals surface area contributed by atoms with Gasteiger partial charge in [0, 0.05) is 24.4 Å². The van der Waals surface area contributed by atoms with Crippen LogP contribution >= 0.6 is 0 Å². The van der Waals surface area contributed by atoms with Crippen LogP contribution in [0.4, 0.5) is 0 Å². The van der Waals surface area contributed by atoms with Crippen LogP contribution in [-0.2, 0) is 4.79 Å². The van der Waals surface area contributed by atoms with Crippen molar-refractivity contribution in [3.05, 3.63) is 24.0 Å². The van der Waals surface area contributed by atoms with Crippen molar-refractivity contribution in [2.75, 3.05) is 6.54 Å². The van der Waals surface area contributed by atoms with Crippen LogP contribution in [0.3, 0.4) is 0 Å². The van der Waals surface area contributed by atoms with E-state index in [0.717, 1.165) is 6.42 Å². The summed E-state index contributed by atoms with van der Waals surface area (Å²) in [5.74, 6) is 0.0718. The van der Waals surface area contributed by atoms with Crippen molar-refractivity contribution in [1.82, 2.24) is 9.88 Å². The maximum absolute atomic E-state index is 12.2. The number of nitrogens with one attached hydrogen (secondary N) is 1. The number of piperidine rings is 1. The molecule has 1 aliphatic heterocycles. The third-order valence-electron chi connectivity index (χ3n) is 3.17. The van der Waals surface area contributed by atoms with Crippen LogP contribution in [0.2, 0.25) is 0 Å². The second-order valence-corrected chi connectivity index (χ2v) is 4.84. The highest BCUT2D eigenvalue weighted by molar-refractivity contribution is 5.97. The molecule has 0 aromatic carbocycles. The molecule has 1 saturated heterocycles. The monoisotopic (exact) mass is 220 g/mol. The zero-order chi connectivity index (χ0) is 11.8. The van der Waals surface area contributed by atoms with Crippen LogP contribution in [-0.4, -0.2) is 33.7 Å². The van der Waals surface area contributed by atoms with Crippen molar-refractivity contribution < 1.29 is 9.59 Å². The number of hydrogen-bond donors (Lipinski definition) is 1. The Morgan fingerprint density at radius 1 is 1.50 bits per heavy atom. The van der Waals surface area contributed by atoms with Crippen LogP contribution in [0.5, 0.6) is 0 Å². The molecule has 1 aromatic heterocycles. The summed E-state index contributed by atoms with van der Waals surface area (Å²) in [7, 11) is 0. The highest BCUT2D eigenvalue weighted by atomic mass is 16.2. The summed E-state index contributed by atoms with van der Waals surface area (Å²) in [5.41, 5.74) is 0.380. The number of Topliss-reactive ketones (excluding diaryl/α,β-unsaturated/α-hetero) is 1. The fourth-order valence-corrected chi connectivity index (χ4v) is 2.01. The van der Waals surface area contributed by atoms with E-state index in [9.17, 15) is 9.59 Å². The third-order valence-corrected chi connectivity index (χ3v) is 3.17. The van der Waals surface area contributed by atoms with Gasteiger partial charge in [-0.15, -0.1) is 0 Å². The van der Waals surface area contributed by atoms with Crippen molar-refractivity contribution in [3.8, 4) is 0 Å². The molecule has 4 heteroatoms. The second kappa shape index (κ2) is 3.77. The number of aromatic amines is 1. The van der Waals surface area contributed by atoms with Gasteiger partial charge in [0.25, 0.3) is 5.91 Å². The van der Waals surface area contributed by atoms with Crippen LogP contribution < -0.4 is 0 Å². The van der Waals surface area contributed by atoms with Gasteiger partial charge in [0.1, 0.15) is 0 Å². The van der Waals surface area contributed by atoms with E-state index >= 15 is 0 Å². The maximum Gasteiger partial charge on any atom is 0.256 e. The molecule has 1 aliphatic rings. The summed E-state index contributed by atoms with van der Waals surface area (Å²) >= 11 is 0. The smallest absolute Gasteiger partial charge is 0.256 e. The molecule has 0 saturated carbocycles. The topological polar surface area (TPSA) is 53.2 Å². The molecule has 2 rings (SSSR count). The Morgan fingerprint density at radius 3 is 2.88 bits per heavy atom. The molecule has 0 aliphatic carbocycles. The lowest BCUT2D eigenvalue weighted by atomic mass is 9.89. The predicted octanol–water partition coefficient (Wildman–Crippen LogP) is 1.60. The van der Waals surface area contributed by atoms with Gasteiger partial charge in [0.2, 0.25) is 0 Å². The Labute approximate surface area is 94.6 Å². The van der Waals surface area contributed by atoms with Crippen molar-refractivity contribution in [2.24, 2.45) is 0 Å². The number of nitrogens with zero attached hydrogens (tertiary/aromatic N) is 1. The maximum atomic E-state index is 12.2. The second-order valence-electron chi connectivity index (χ2n) is 4.84. The molecule has 1 aromatic rings. The normalized spacial score (nSPS) is 19.9. The van der Waals surface area contributed by atoms with Gasteiger partial charge in [-0.3, -0.25) is 9.59 Å². The number of likely N-dealkylation sites (tertiary alicyclic amines) is 1. The first kappa shape index (κ1) is 10.9. The van der Waals surface area contributed by atoms with E-state index in [1.807, 2.05) is 13.8 Å². The molecular weight excluding hydrogens is 204 g/mol. The molecule has 0 bridgehead atoms. The van der Waals surface area contributed by atoms with Gasteiger partial charge in [0.05, 0.1) is 12.1 Å². The molecule has 0 spiro atoms. The molecule has 86 valence electrons. The van der Waals surface area contributed by atoms with Crippen molar-refractivity contribution in [1.29, 1.82) is 0 Å². The molecule has 0 unspecified atom stereocenters. The van der Waals surface area contributed by atoms with Crippen molar-refractivity contribution >= 4 is 11.7 Å². The van der Waals surface area contributed by atoms with E-state index in [0.29, 0.717) is 12.0 Å². The molecule has 4 nitrogen and oxygen atoms in total. The van der Waals surface area contributed by atoms with Gasteiger partial charge in [-0.1, -0.05) is 0 Å². The van der Waals surface area contributed by atoms with Gasteiger partial charge in [-0.2, -0.15) is 0 Å². The third kappa shape index (κ3) is 1.87. The average Bonchev–Trinajstić information content (AvgIpc) is 2.74. The van der Waals surface area contributed by atoms with E-state index in [-0.39, 0.29) is 23.8 Å². The standard InChI is InChI=1S/C12H16N2O2/c1-12(2)5-3-10(15)8-14(12)11(16)9-4-6-13-7-9/h4,6-7,13H,3,5,8H2,1-2H3. The van der Waals surface area contributed by atoms with Crippen LogP contribution in [0.25, 0.3) is 0 Å². The van der Waals surface area contributed by atoms with E-state index in [1.54, 1.807) is 23.4 Å². The molecule has 2 heterocycles. The lowest BCUT2D eigenvalue weighted by Crippen LogP contribution is -2.53. The number of aromatic nitrogens is 1. The molecule has 1 amide bonds. The minimum absolute atomic E-state index is 0.0701. The summed E-state index contributed by atoms with van der Waals surface area (Å²) in [5, 5.41) is 0.